The normalized spacial score (nSPS) is 25.3. The molecule has 0 bridgehead atoms. The van der Waals surface area contributed by atoms with Gasteiger partial charge < -0.3 is 4.90 Å². The zero-order valence-corrected chi connectivity index (χ0v) is 11.5. The second kappa shape index (κ2) is 5.85. The Morgan fingerprint density at radius 1 is 1.47 bits per heavy atom. The summed E-state index contributed by atoms with van der Waals surface area (Å²) < 4.78 is 0. The topological polar surface area (TPSA) is 23.6 Å². The maximum Gasteiger partial charge on any atom is 0.236 e. The van der Waals surface area contributed by atoms with Crippen LogP contribution in [0.4, 0.5) is 0 Å². The van der Waals surface area contributed by atoms with E-state index >= 15 is 0 Å². The molecular weight excluding hydrogens is 256 g/mol. The first-order valence-corrected chi connectivity index (χ1v) is 6.68. The molecule has 1 saturated heterocycles. The summed E-state index contributed by atoms with van der Waals surface area (Å²) >= 11 is 3.43. The minimum atomic E-state index is -0.00197. The van der Waals surface area contributed by atoms with Crippen molar-refractivity contribution in [2.75, 3.05) is 26.2 Å². The van der Waals surface area contributed by atoms with E-state index in [9.17, 15) is 4.79 Å². The molecule has 0 saturated carbocycles. The molecule has 0 aliphatic carbocycles. The van der Waals surface area contributed by atoms with Crippen molar-refractivity contribution in [1.82, 2.24) is 9.80 Å². The predicted octanol–water partition coefficient (Wildman–Crippen LogP) is 1.71. The molecule has 0 aromatic heterocycles. The summed E-state index contributed by atoms with van der Waals surface area (Å²) in [4.78, 5) is 16.3. The van der Waals surface area contributed by atoms with Crippen molar-refractivity contribution in [1.29, 1.82) is 0 Å². The van der Waals surface area contributed by atoms with Crippen LogP contribution in [0.15, 0.2) is 0 Å². The molecular formula is C11H21BrN2O. The molecule has 1 rings (SSSR count). The highest BCUT2D eigenvalue weighted by Crippen LogP contribution is 2.14. The number of halogens is 1. The molecule has 0 aromatic carbocycles. The van der Waals surface area contributed by atoms with Crippen molar-refractivity contribution in [3.63, 3.8) is 0 Å². The lowest BCUT2D eigenvalue weighted by Crippen LogP contribution is -2.54. The van der Waals surface area contributed by atoms with Gasteiger partial charge in [-0.3, -0.25) is 9.69 Å². The maximum absolute atomic E-state index is 11.9. The lowest BCUT2D eigenvalue weighted by atomic mass is 10.1. The lowest BCUT2D eigenvalue weighted by molar-refractivity contribution is -0.133. The number of likely N-dealkylation sites (N-methyl/N-ethyl adjacent to an activating group) is 1. The van der Waals surface area contributed by atoms with Crippen LogP contribution in [0.2, 0.25) is 0 Å². The van der Waals surface area contributed by atoms with Gasteiger partial charge in [-0.15, -0.1) is 0 Å². The van der Waals surface area contributed by atoms with Crippen LogP contribution in [0, 0.1) is 0 Å². The van der Waals surface area contributed by atoms with Crippen LogP contribution in [-0.2, 0) is 4.79 Å². The first-order chi connectivity index (χ1) is 7.10. The molecule has 2 unspecified atom stereocenters. The highest BCUT2D eigenvalue weighted by atomic mass is 79.9. The van der Waals surface area contributed by atoms with E-state index in [0.29, 0.717) is 6.04 Å². The Balaban J connectivity index is 2.50. The van der Waals surface area contributed by atoms with Crippen LogP contribution in [0.3, 0.4) is 0 Å². The molecule has 0 radical (unpaired) electrons. The monoisotopic (exact) mass is 276 g/mol. The maximum atomic E-state index is 11.9. The molecule has 0 N–H and O–H groups in total. The summed E-state index contributed by atoms with van der Waals surface area (Å²) in [7, 11) is 0. The Labute approximate surface area is 101 Å². The van der Waals surface area contributed by atoms with E-state index in [1.165, 1.54) is 0 Å². The van der Waals surface area contributed by atoms with Gasteiger partial charge >= 0.3 is 0 Å². The average Bonchev–Trinajstić information content (AvgIpc) is 2.26. The zero-order chi connectivity index (χ0) is 11.4. The molecule has 3 nitrogen and oxygen atoms in total. The number of alkyl halides is 1. The Morgan fingerprint density at radius 3 is 2.60 bits per heavy atom. The number of hydrogen-bond acceptors (Lipinski definition) is 2. The predicted molar refractivity (Wildman–Crippen MR) is 66.3 cm³/mol. The van der Waals surface area contributed by atoms with E-state index < -0.39 is 0 Å². The number of hydrogen-bond donors (Lipinski definition) is 0. The summed E-state index contributed by atoms with van der Waals surface area (Å²) in [6, 6.07) is 0.490. The fourth-order valence-electron chi connectivity index (χ4n) is 2.04. The highest BCUT2D eigenvalue weighted by Gasteiger charge is 2.28. The van der Waals surface area contributed by atoms with E-state index in [1.807, 2.05) is 11.8 Å². The minimum absolute atomic E-state index is 0.00197. The largest absolute Gasteiger partial charge is 0.339 e. The molecule has 0 spiro atoms. The van der Waals surface area contributed by atoms with Gasteiger partial charge in [-0.25, -0.2) is 0 Å². The number of amides is 1. The molecule has 2 atom stereocenters. The minimum Gasteiger partial charge on any atom is -0.339 e. The quantitative estimate of drug-likeness (QED) is 0.733. The summed E-state index contributed by atoms with van der Waals surface area (Å²) in [5.74, 6) is 0.250. The van der Waals surface area contributed by atoms with Gasteiger partial charge in [0.05, 0.1) is 4.83 Å². The van der Waals surface area contributed by atoms with Crippen LogP contribution < -0.4 is 0 Å². The van der Waals surface area contributed by atoms with E-state index in [2.05, 4.69) is 34.7 Å². The second-order valence-electron chi connectivity index (χ2n) is 4.14. The Morgan fingerprint density at radius 2 is 2.13 bits per heavy atom. The van der Waals surface area contributed by atoms with Crippen LogP contribution >= 0.6 is 15.9 Å². The average molecular weight is 277 g/mol. The fourth-order valence-corrected chi connectivity index (χ4v) is 2.33. The zero-order valence-electron chi connectivity index (χ0n) is 9.87. The van der Waals surface area contributed by atoms with Crippen molar-refractivity contribution in [2.24, 2.45) is 0 Å². The lowest BCUT2D eigenvalue weighted by Gasteiger charge is -2.40. The van der Waals surface area contributed by atoms with E-state index in [-0.39, 0.29) is 10.7 Å². The number of nitrogens with zero attached hydrogens (tertiary/aromatic N) is 2. The molecule has 15 heavy (non-hydrogen) atoms. The number of carbonyl (C=O) groups excluding carboxylic acids is 1. The molecule has 1 fully saturated rings. The standard InChI is InChI=1S/C11H21BrN2O/c1-4-10(12)11(15)14-7-6-13(5-2)9(3)8-14/h9-10H,4-8H2,1-3H3. The van der Waals surface area contributed by atoms with Gasteiger partial charge in [0.2, 0.25) is 5.91 Å². The van der Waals surface area contributed by atoms with Crippen LogP contribution in [0.25, 0.3) is 0 Å². The van der Waals surface area contributed by atoms with E-state index in [4.69, 9.17) is 0 Å². The van der Waals surface area contributed by atoms with E-state index in [0.717, 1.165) is 32.6 Å². The van der Waals surface area contributed by atoms with E-state index in [1.54, 1.807) is 0 Å². The summed E-state index contributed by atoms with van der Waals surface area (Å²) in [6.45, 7) is 10.2. The van der Waals surface area contributed by atoms with Gasteiger partial charge in [0.25, 0.3) is 0 Å². The summed E-state index contributed by atoms with van der Waals surface area (Å²) in [5, 5.41) is 0. The smallest absolute Gasteiger partial charge is 0.236 e. The van der Waals surface area contributed by atoms with Gasteiger partial charge in [0, 0.05) is 25.7 Å². The molecule has 1 aliphatic heterocycles. The van der Waals surface area contributed by atoms with Gasteiger partial charge in [-0.05, 0) is 19.9 Å². The summed E-state index contributed by atoms with van der Waals surface area (Å²) in [6.07, 6.45) is 0.862. The van der Waals surface area contributed by atoms with Crippen molar-refractivity contribution < 1.29 is 4.79 Å². The highest BCUT2D eigenvalue weighted by molar-refractivity contribution is 9.10. The third-order valence-electron chi connectivity index (χ3n) is 3.11. The number of rotatable bonds is 3. The number of carbonyl (C=O) groups is 1. The van der Waals surface area contributed by atoms with Gasteiger partial charge in [-0.2, -0.15) is 0 Å². The number of piperazine rings is 1. The SMILES string of the molecule is CCC(Br)C(=O)N1CCN(CC)C(C)C1. The van der Waals surface area contributed by atoms with Crippen LogP contribution in [-0.4, -0.2) is 52.8 Å². The summed E-state index contributed by atoms with van der Waals surface area (Å²) in [5.41, 5.74) is 0. The Kier molecular flexibility index (Phi) is 5.06. The fraction of sp³-hybridized carbons (Fsp3) is 0.909. The second-order valence-corrected chi connectivity index (χ2v) is 5.24. The molecule has 88 valence electrons. The van der Waals surface area contributed by atoms with Gasteiger partial charge in [0.15, 0.2) is 0 Å². The molecule has 1 heterocycles. The van der Waals surface area contributed by atoms with Gasteiger partial charge in [-0.1, -0.05) is 29.8 Å². The first kappa shape index (κ1) is 13.0. The van der Waals surface area contributed by atoms with Crippen molar-refractivity contribution in [3.05, 3.63) is 0 Å². The molecule has 1 aliphatic rings. The van der Waals surface area contributed by atoms with Crippen LogP contribution in [0.1, 0.15) is 27.2 Å². The molecule has 1 amide bonds. The Bertz CT molecular complexity index is 223. The first-order valence-electron chi connectivity index (χ1n) is 5.77. The van der Waals surface area contributed by atoms with Crippen molar-refractivity contribution in [2.45, 2.75) is 38.1 Å². The van der Waals surface area contributed by atoms with Gasteiger partial charge in [0.1, 0.15) is 0 Å². The third-order valence-corrected chi connectivity index (χ3v) is 4.15. The van der Waals surface area contributed by atoms with Crippen molar-refractivity contribution >= 4 is 21.8 Å². The molecule has 4 heteroatoms. The van der Waals surface area contributed by atoms with Crippen LogP contribution in [0.5, 0.6) is 0 Å². The third kappa shape index (κ3) is 3.18. The Hall–Kier alpha value is -0.0900. The van der Waals surface area contributed by atoms with Crippen molar-refractivity contribution in [3.8, 4) is 0 Å². The molecule has 0 aromatic rings.